The van der Waals surface area contributed by atoms with E-state index in [2.05, 4.69) is 16.2 Å². The number of hydrogen-bond acceptors (Lipinski definition) is 4. The van der Waals surface area contributed by atoms with Gasteiger partial charge in [-0.1, -0.05) is 30.3 Å². The lowest BCUT2D eigenvalue weighted by Gasteiger charge is -2.07. The van der Waals surface area contributed by atoms with Crippen LogP contribution in [0.5, 0.6) is 0 Å². The number of carboxylic acid groups (broad SMARTS) is 1. The Morgan fingerprint density at radius 2 is 1.93 bits per heavy atom. The van der Waals surface area contributed by atoms with Crippen molar-refractivity contribution in [3.05, 3.63) is 78.1 Å². The summed E-state index contributed by atoms with van der Waals surface area (Å²) >= 11 is 0. The summed E-state index contributed by atoms with van der Waals surface area (Å²) < 4.78 is 1.72. The number of aryl methyl sites for hydroxylation is 1. The average molecular weight is 368 g/mol. The summed E-state index contributed by atoms with van der Waals surface area (Å²) in [5.74, 6) is -0.126. The molecule has 0 spiro atoms. The summed E-state index contributed by atoms with van der Waals surface area (Å²) in [5.41, 5.74) is 4.16. The van der Waals surface area contributed by atoms with Gasteiger partial charge in [0.25, 0.3) is 0 Å². The Morgan fingerprint density at radius 3 is 2.61 bits per heavy atom. The lowest BCUT2D eigenvalue weighted by molar-refractivity contribution is -0.136. The molecule has 0 radical (unpaired) electrons. The smallest absolute Gasteiger partial charge is 0.303 e. The minimum Gasteiger partial charge on any atom is -0.481 e. The second-order valence-electron chi connectivity index (χ2n) is 6.40. The number of nitriles is 1. The number of carboxylic acids is 1. The van der Waals surface area contributed by atoms with Gasteiger partial charge in [-0.2, -0.15) is 10.4 Å². The van der Waals surface area contributed by atoms with E-state index in [1.165, 1.54) is 0 Å². The Bertz CT molecular complexity index is 1190. The Balaban J connectivity index is 1.77. The van der Waals surface area contributed by atoms with Gasteiger partial charge < -0.3 is 5.11 Å². The van der Waals surface area contributed by atoms with E-state index in [0.717, 1.165) is 27.6 Å². The second-order valence-corrected chi connectivity index (χ2v) is 6.40. The van der Waals surface area contributed by atoms with Crippen LogP contribution < -0.4 is 0 Å². The quantitative estimate of drug-likeness (QED) is 0.575. The van der Waals surface area contributed by atoms with Gasteiger partial charge in [-0.3, -0.25) is 4.79 Å². The summed E-state index contributed by atoms with van der Waals surface area (Å²) in [6.07, 6.45) is 3.98. The summed E-state index contributed by atoms with van der Waals surface area (Å²) in [5, 5.41) is 23.6. The predicted octanol–water partition coefficient (Wildman–Crippen LogP) is 3.98. The van der Waals surface area contributed by atoms with Gasteiger partial charge in [-0.15, -0.1) is 0 Å². The van der Waals surface area contributed by atoms with Crippen LogP contribution in [0, 0.1) is 11.3 Å². The van der Waals surface area contributed by atoms with Crippen LogP contribution in [0.1, 0.15) is 17.5 Å². The van der Waals surface area contributed by atoms with Gasteiger partial charge >= 0.3 is 5.97 Å². The molecule has 2 aromatic heterocycles. The van der Waals surface area contributed by atoms with E-state index in [4.69, 9.17) is 5.11 Å². The molecular formula is C22H16N4O2. The van der Waals surface area contributed by atoms with Crippen LogP contribution in [-0.2, 0) is 11.2 Å². The largest absolute Gasteiger partial charge is 0.481 e. The maximum atomic E-state index is 10.7. The summed E-state index contributed by atoms with van der Waals surface area (Å²) in [7, 11) is 0. The van der Waals surface area contributed by atoms with Gasteiger partial charge in [0, 0.05) is 18.0 Å². The average Bonchev–Trinajstić information content (AvgIpc) is 3.16. The second kappa shape index (κ2) is 7.33. The molecule has 28 heavy (non-hydrogen) atoms. The minimum atomic E-state index is -0.809. The topological polar surface area (TPSA) is 91.8 Å². The molecule has 0 atom stereocenters. The first kappa shape index (κ1) is 17.4. The third-order valence-corrected chi connectivity index (χ3v) is 4.59. The molecule has 0 aliphatic heterocycles. The van der Waals surface area contributed by atoms with E-state index in [0.29, 0.717) is 17.8 Å². The van der Waals surface area contributed by atoms with Crippen molar-refractivity contribution in [3.8, 4) is 23.0 Å². The van der Waals surface area contributed by atoms with Crippen molar-refractivity contribution < 1.29 is 9.90 Å². The summed E-state index contributed by atoms with van der Waals surface area (Å²) in [4.78, 5) is 15.1. The molecule has 6 nitrogen and oxygen atoms in total. The van der Waals surface area contributed by atoms with Crippen molar-refractivity contribution in [2.45, 2.75) is 12.8 Å². The maximum absolute atomic E-state index is 10.7. The number of carbonyl (C=O) groups is 1. The predicted molar refractivity (Wildman–Crippen MR) is 105 cm³/mol. The van der Waals surface area contributed by atoms with E-state index in [1.807, 2.05) is 54.6 Å². The molecule has 0 amide bonds. The molecule has 4 aromatic rings. The molecule has 0 fully saturated rings. The van der Waals surface area contributed by atoms with Crippen LogP contribution in [0.3, 0.4) is 0 Å². The molecule has 0 bridgehead atoms. The molecule has 2 aromatic carbocycles. The molecule has 0 aliphatic rings. The van der Waals surface area contributed by atoms with Crippen LogP contribution in [-0.4, -0.2) is 25.8 Å². The molecule has 1 N–H and O–H groups in total. The molecule has 6 heteroatoms. The normalized spacial score (nSPS) is 10.7. The van der Waals surface area contributed by atoms with Gasteiger partial charge in [0.15, 0.2) is 5.82 Å². The standard InChI is InChI=1S/C22H16N4O2/c23-13-18-11-17(16-7-4-15(5-8-16)6-9-22(27)28)12-20-19(18)14-25-26(20)21-3-1-2-10-24-21/h1-5,7-8,10-12,14H,6,9H2,(H,27,28). The third kappa shape index (κ3) is 3.33. The van der Waals surface area contributed by atoms with E-state index in [9.17, 15) is 10.1 Å². The third-order valence-electron chi connectivity index (χ3n) is 4.59. The van der Waals surface area contributed by atoms with Crippen molar-refractivity contribution >= 4 is 16.9 Å². The number of fused-ring (bicyclic) bond motifs is 1. The Morgan fingerprint density at radius 1 is 1.11 bits per heavy atom. The number of aliphatic carboxylic acids is 1. The van der Waals surface area contributed by atoms with Crippen LogP contribution >= 0.6 is 0 Å². The van der Waals surface area contributed by atoms with Crippen LogP contribution in [0.25, 0.3) is 27.8 Å². The van der Waals surface area contributed by atoms with E-state index in [-0.39, 0.29) is 6.42 Å². The highest BCUT2D eigenvalue weighted by molar-refractivity contribution is 5.90. The van der Waals surface area contributed by atoms with Gasteiger partial charge in [0.05, 0.1) is 23.3 Å². The van der Waals surface area contributed by atoms with Gasteiger partial charge in [0.2, 0.25) is 0 Å². The highest BCUT2D eigenvalue weighted by atomic mass is 16.4. The van der Waals surface area contributed by atoms with Crippen molar-refractivity contribution in [2.24, 2.45) is 0 Å². The minimum absolute atomic E-state index is 0.104. The number of rotatable bonds is 5. The molecule has 0 saturated heterocycles. The Labute approximate surface area is 161 Å². The van der Waals surface area contributed by atoms with Crippen LogP contribution in [0.15, 0.2) is 67.0 Å². The fourth-order valence-electron chi connectivity index (χ4n) is 3.16. The molecule has 136 valence electrons. The number of hydrogen-bond donors (Lipinski definition) is 1. The summed E-state index contributed by atoms with van der Waals surface area (Å²) in [6.45, 7) is 0. The van der Waals surface area contributed by atoms with Crippen molar-refractivity contribution in [2.75, 3.05) is 0 Å². The van der Waals surface area contributed by atoms with E-state index >= 15 is 0 Å². The first-order chi connectivity index (χ1) is 13.7. The first-order valence-corrected chi connectivity index (χ1v) is 8.80. The van der Waals surface area contributed by atoms with E-state index in [1.54, 1.807) is 17.1 Å². The van der Waals surface area contributed by atoms with Crippen LogP contribution in [0.4, 0.5) is 0 Å². The molecular weight excluding hydrogens is 352 g/mol. The zero-order valence-corrected chi connectivity index (χ0v) is 14.9. The molecule has 2 heterocycles. The molecule has 0 aliphatic carbocycles. The first-order valence-electron chi connectivity index (χ1n) is 8.80. The van der Waals surface area contributed by atoms with Crippen LogP contribution in [0.2, 0.25) is 0 Å². The van der Waals surface area contributed by atoms with Gasteiger partial charge in [-0.05, 0) is 47.4 Å². The zero-order valence-electron chi connectivity index (χ0n) is 14.9. The zero-order chi connectivity index (χ0) is 19.5. The van der Waals surface area contributed by atoms with Crippen molar-refractivity contribution in [1.82, 2.24) is 14.8 Å². The lowest BCUT2D eigenvalue weighted by Crippen LogP contribution is -1.98. The number of aromatic nitrogens is 3. The number of pyridine rings is 1. The number of nitrogens with zero attached hydrogens (tertiary/aromatic N) is 4. The lowest BCUT2D eigenvalue weighted by atomic mass is 9.99. The SMILES string of the molecule is N#Cc1cc(-c2ccc(CCC(=O)O)cc2)cc2c1cnn2-c1ccccn1. The Kier molecular flexibility index (Phi) is 4.56. The maximum Gasteiger partial charge on any atom is 0.303 e. The highest BCUT2D eigenvalue weighted by Crippen LogP contribution is 2.29. The molecule has 4 rings (SSSR count). The molecule has 0 unspecified atom stereocenters. The fourth-order valence-corrected chi connectivity index (χ4v) is 3.16. The van der Waals surface area contributed by atoms with Crippen molar-refractivity contribution in [1.29, 1.82) is 5.26 Å². The highest BCUT2D eigenvalue weighted by Gasteiger charge is 2.12. The van der Waals surface area contributed by atoms with Crippen molar-refractivity contribution in [3.63, 3.8) is 0 Å². The Hall–Kier alpha value is -3.98. The van der Waals surface area contributed by atoms with Gasteiger partial charge in [-0.25, -0.2) is 9.67 Å². The summed E-state index contributed by atoms with van der Waals surface area (Å²) in [6, 6.07) is 19.4. The van der Waals surface area contributed by atoms with Gasteiger partial charge in [0.1, 0.15) is 0 Å². The van der Waals surface area contributed by atoms with E-state index < -0.39 is 5.97 Å². The fraction of sp³-hybridized carbons (Fsp3) is 0.0909. The molecule has 0 saturated carbocycles. The number of benzene rings is 2. The monoisotopic (exact) mass is 368 g/mol.